The minimum Gasteiger partial charge on any atom is -0.247 e. The fourth-order valence-electron chi connectivity index (χ4n) is 1.28. The highest BCUT2D eigenvalue weighted by atomic mass is 16.2. The summed E-state index contributed by atoms with van der Waals surface area (Å²) in [6.45, 7) is 0.341. The molecule has 1 aliphatic carbocycles. The van der Waals surface area contributed by atoms with Gasteiger partial charge in [0.15, 0.2) is 0 Å². The molecular weight excluding hydrogens is 170 g/mol. The van der Waals surface area contributed by atoms with Crippen molar-refractivity contribution in [2.75, 3.05) is 0 Å². The molecule has 0 atom stereocenters. The van der Waals surface area contributed by atoms with Crippen molar-refractivity contribution < 1.29 is 0 Å². The molecular formula is C8H9N3O2. The van der Waals surface area contributed by atoms with E-state index in [9.17, 15) is 9.59 Å². The Morgan fingerprint density at radius 3 is 2.54 bits per heavy atom. The van der Waals surface area contributed by atoms with Gasteiger partial charge >= 0.3 is 11.4 Å². The summed E-state index contributed by atoms with van der Waals surface area (Å²) >= 11 is 0. The molecule has 68 valence electrons. The molecule has 5 heteroatoms. The molecule has 0 radical (unpaired) electrons. The van der Waals surface area contributed by atoms with Crippen LogP contribution in [-0.4, -0.2) is 14.8 Å². The lowest BCUT2D eigenvalue weighted by molar-refractivity contribution is 0.733. The first-order chi connectivity index (χ1) is 6.27. The van der Waals surface area contributed by atoms with E-state index in [0.717, 1.165) is 16.6 Å². The number of hydrogen-bond acceptors (Lipinski definition) is 2. The quantitative estimate of drug-likeness (QED) is 0.657. The minimum absolute atomic E-state index is 0.341. The van der Waals surface area contributed by atoms with E-state index in [-0.39, 0.29) is 0 Å². The van der Waals surface area contributed by atoms with E-state index in [0.29, 0.717) is 6.54 Å². The standard InChI is InChI=1S/C8H9N3O2/c12-7-9-10-8(13)11(7)5-6-3-1-2-4-6/h1,3-4H,2,5H2,(H,9,12)(H,10,13). The third-order valence-corrected chi connectivity index (χ3v) is 1.96. The van der Waals surface area contributed by atoms with E-state index >= 15 is 0 Å². The van der Waals surface area contributed by atoms with Crippen molar-refractivity contribution in [1.29, 1.82) is 0 Å². The number of H-pyrrole nitrogens is 2. The molecule has 2 N–H and O–H groups in total. The molecule has 0 bridgehead atoms. The summed E-state index contributed by atoms with van der Waals surface area (Å²) in [5, 5.41) is 4.46. The molecule has 0 unspecified atom stereocenters. The lowest BCUT2D eigenvalue weighted by Gasteiger charge is -1.96. The zero-order valence-electron chi connectivity index (χ0n) is 6.91. The van der Waals surface area contributed by atoms with Crippen molar-refractivity contribution >= 4 is 0 Å². The van der Waals surface area contributed by atoms with Gasteiger partial charge in [-0.3, -0.25) is 0 Å². The number of allylic oxidation sites excluding steroid dienone is 4. The smallest absolute Gasteiger partial charge is 0.247 e. The normalized spacial score (nSPS) is 14.9. The van der Waals surface area contributed by atoms with E-state index in [4.69, 9.17) is 0 Å². The van der Waals surface area contributed by atoms with Crippen LogP contribution in [0.15, 0.2) is 33.4 Å². The predicted octanol–water partition coefficient (Wildman–Crippen LogP) is -0.249. The summed E-state index contributed by atoms with van der Waals surface area (Å²) in [5.74, 6) is 0. The monoisotopic (exact) mass is 179 g/mol. The molecule has 1 aromatic rings. The first-order valence-electron chi connectivity index (χ1n) is 4.00. The maximum atomic E-state index is 11.1. The number of rotatable bonds is 2. The molecule has 0 fully saturated rings. The van der Waals surface area contributed by atoms with Gasteiger partial charge in [0, 0.05) is 0 Å². The topological polar surface area (TPSA) is 70.7 Å². The van der Waals surface area contributed by atoms with Gasteiger partial charge in [0.05, 0.1) is 6.54 Å². The van der Waals surface area contributed by atoms with Crippen LogP contribution in [0, 0.1) is 0 Å². The summed E-state index contributed by atoms with van der Waals surface area (Å²) in [7, 11) is 0. The Labute approximate surface area is 73.4 Å². The van der Waals surface area contributed by atoms with E-state index in [1.807, 2.05) is 18.2 Å². The van der Waals surface area contributed by atoms with Crippen molar-refractivity contribution in [1.82, 2.24) is 14.8 Å². The zero-order valence-corrected chi connectivity index (χ0v) is 6.91. The Balaban J connectivity index is 2.32. The average molecular weight is 179 g/mol. The predicted molar refractivity (Wildman–Crippen MR) is 47.5 cm³/mol. The van der Waals surface area contributed by atoms with Crippen LogP contribution in [0.1, 0.15) is 6.42 Å². The van der Waals surface area contributed by atoms with Gasteiger partial charge < -0.3 is 0 Å². The first kappa shape index (κ1) is 7.85. The number of nitrogens with one attached hydrogen (secondary N) is 2. The summed E-state index contributed by atoms with van der Waals surface area (Å²) in [6.07, 6.45) is 6.77. The van der Waals surface area contributed by atoms with Crippen molar-refractivity contribution in [3.63, 3.8) is 0 Å². The SMILES string of the molecule is O=c1[nH][nH]c(=O)n1CC1=CCC=C1. The molecule has 0 aliphatic heterocycles. The number of hydrogen-bond donors (Lipinski definition) is 2. The molecule has 0 aromatic carbocycles. The van der Waals surface area contributed by atoms with Crippen molar-refractivity contribution in [2.24, 2.45) is 0 Å². The first-order valence-corrected chi connectivity index (χ1v) is 4.00. The van der Waals surface area contributed by atoms with Gasteiger partial charge in [-0.15, -0.1) is 0 Å². The maximum absolute atomic E-state index is 11.1. The second-order valence-corrected chi connectivity index (χ2v) is 2.86. The van der Waals surface area contributed by atoms with Gasteiger partial charge in [0.25, 0.3) is 0 Å². The van der Waals surface area contributed by atoms with Crippen molar-refractivity contribution in [3.8, 4) is 0 Å². The Morgan fingerprint density at radius 1 is 1.31 bits per heavy atom. The van der Waals surface area contributed by atoms with Gasteiger partial charge in [-0.05, 0) is 12.0 Å². The second-order valence-electron chi connectivity index (χ2n) is 2.86. The largest absolute Gasteiger partial charge is 0.344 e. The molecule has 13 heavy (non-hydrogen) atoms. The highest BCUT2D eigenvalue weighted by Crippen LogP contribution is 2.08. The third kappa shape index (κ3) is 1.40. The van der Waals surface area contributed by atoms with Crippen LogP contribution in [0.2, 0.25) is 0 Å². The highest BCUT2D eigenvalue weighted by molar-refractivity contribution is 5.25. The van der Waals surface area contributed by atoms with E-state index in [1.54, 1.807) is 0 Å². The molecule has 0 saturated heterocycles. The second kappa shape index (κ2) is 2.93. The average Bonchev–Trinajstić information content (AvgIpc) is 2.70. The molecule has 0 saturated carbocycles. The van der Waals surface area contributed by atoms with Crippen LogP contribution < -0.4 is 11.4 Å². The fraction of sp³-hybridized carbons (Fsp3) is 0.250. The highest BCUT2D eigenvalue weighted by Gasteiger charge is 2.05. The summed E-state index contributed by atoms with van der Waals surface area (Å²) in [4.78, 5) is 22.1. The maximum Gasteiger partial charge on any atom is 0.344 e. The van der Waals surface area contributed by atoms with Gasteiger partial charge in [0.1, 0.15) is 0 Å². The van der Waals surface area contributed by atoms with Gasteiger partial charge in [-0.2, -0.15) is 0 Å². The molecule has 2 rings (SSSR count). The van der Waals surface area contributed by atoms with Gasteiger partial charge in [0.2, 0.25) is 0 Å². The van der Waals surface area contributed by atoms with Crippen LogP contribution in [0.4, 0.5) is 0 Å². The summed E-state index contributed by atoms with van der Waals surface area (Å²) < 4.78 is 1.13. The fourth-order valence-corrected chi connectivity index (χ4v) is 1.28. The molecule has 5 nitrogen and oxygen atoms in total. The Morgan fingerprint density at radius 2 is 2.00 bits per heavy atom. The van der Waals surface area contributed by atoms with Gasteiger partial charge in [-0.1, -0.05) is 18.2 Å². The van der Waals surface area contributed by atoms with Crippen LogP contribution in [-0.2, 0) is 6.54 Å². The molecule has 0 spiro atoms. The van der Waals surface area contributed by atoms with E-state index < -0.39 is 11.4 Å². The summed E-state index contributed by atoms with van der Waals surface area (Å²) in [6, 6.07) is 0. The van der Waals surface area contributed by atoms with Crippen LogP contribution in [0.5, 0.6) is 0 Å². The lowest BCUT2D eigenvalue weighted by atomic mass is 10.3. The number of nitrogens with zero attached hydrogens (tertiary/aromatic N) is 1. The Hall–Kier alpha value is -1.78. The van der Waals surface area contributed by atoms with Crippen molar-refractivity contribution in [2.45, 2.75) is 13.0 Å². The van der Waals surface area contributed by atoms with Crippen LogP contribution in [0.3, 0.4) is 0 Å². The Bertz CT molecular complexity index is 445. The molecule has 1 aliphatic rings. The molecule has 0 amide bonds. The Kier molecular flexibility index (Phi) is 1.77. The van der Waals surface area contributed by atoms with E-state index in [1.165, 1.54) is 0 Å². The summed E-state index contributed by atoms with van der Waals surface area (Å²) in [5.41, 5.74) is 0.199. The minimum atomic E-state index is -0.397. The lowest BCUT2D eigenvalue weighted by Crippen LogP contribution is -2.26. The molecule has 1 heterocycles. The van der Waals surface area contributed by atoms with Crippen LogP contribution >= 0.6 is 0 Å². The number of aromatic nitrogens is 3. The number of aromatic amines is 2. The van der Waals surface area contributed by atoms with Crippen molar-refractivity contribution in [3.05, 3.63) is 44.8 Å². The van der Waals surface area contributed by atoms with Gasteiger partial charge in [-0.25, -0.2) is 24.4 Å². The molecule has 1 aromatic heterocycles. The third-order valence-electron chi connectivity index (χ3n) is 1.96. The van der Waals surface area contributed by atoms with E-state index in [2.05, 4.69) is 10.2 Å². The zero-order chi connectivity index (χ0) is 9.26. The van der Waals surface area contributed by atoms with Crippen LogP contribution in [0.25, 0.3) is 0 Å².